The SMILES string of the molecule is Cc1ccccc1NC(=O)CC(=O)N1CCOC(c2ccccc2)C1. The van der Waals surface area contributed by atoms with Gasteiger partial charge in [0.15, 0.2) is 0 Å². The molecule has 1 N–H and O–H groups in total. The van der Waals surface area contributed by atoms with Crippen molar-refractivity contribution in [2.24, 2.45) is 0 Å². The highest BCUT2D eigenvalue weighted by atomic mass is 16.5. The number of amides is 2. The Morgan fingerprint density at radius 3 is 2.60 bits per heavy atom. The zero-order chi connectivity index (χ0) is 17.6. The van der Waals surface area contributed by atoms with Crippen LogP contribution in [-0.2, 0) is 14.3 Å². The summed E-state index contributed by atoms with van der Waals surface area (Å²) in [7, 11) is 0. The Hall–Kier alpha value is -2.66. The maximum Gasteiger partial charge on any atom is 0.233 e. The number of benzene rings is 2. The Kier molecular flexibility index (Phi) is 5.46. The molecule has 130 valence electrons. The number of carbonyl (C=O) groups excluding carboxylic acids is 2. The minimum Gasteiger partial charge on any atom is -0.370 e. The van der Waals surface area contributed by atoms with Crippen molar-refractivity contribution in [2.45, 2.75) is 19.4 Å². The third kappa shape index (κ3) is 4.45. The smallest absolute Gasteiger partial charge is 0.233 e. The van der Waals surface area contributed by atoms with Crippen LogP contribution in [0, 0.1) is 6.92 Å². The second kappa shape index (κ2) is 7.94. The van der Waals surface area contributed by atoms with Crippen LogP contribution in [0.5, 0.6) is 0 Å². The summed E-state index contributed by atoms with van der Waals surface area (Å²) in [4.78, 5) is 26.4. The van der Waals surface area contributed by atoms with Gasteiger partial charge in [0.2, 0.25) is 11.8 Å². The standard InChI is InChI=1S/C20H22N2O3/c1-15-7-5-6-10-17(15)21-19(23)13-20(24)22-11-12-25-18(14-22)16-8-3-2-4-9-16/h2-10,18H,11-14H2,1H3,(H,21,23). The zero-order valence-electron chi connectivity index (χ0n) is 14.3. The molecule has 2 aromatic carbocycles. The van der Waals surface area contributed by atoms with Gasteiger partial charge in [0.1, 0.15) is 12.5 Å². The fourth-order valence-electron chi connectivity index (χ4n) is 2.90. The van der Waals surface area contributed by atoms with E-state index in [0.29, 0.717) is 19.7 Å². The summed E-state index contributed by atoms with van der Waals surface area (Å²) in [5.41, 5.74) is 2.76. The van der Waals surface area contributed by atoms with Crippen LogP contribution < -0.4 is 5.32 Å². The number of anilines is 1. The highest BCUT2D eigenvalue weighted by Gasteiger charge is 2.26. The molecule has 1 fully saturated rings. The monoisotopic (exact) mass is 338 g/mol. The van der Waals surface area contributed by atoms with Gasteiger partial charge in [-0.2, -0.15) is 0 Å². The predicted molar refractivity (Wildman–Crippen MR) is 96.1 cm³/mol. The van der Waals surface area contributed by atoms with E-state index in [0.717, 1.165) is 16.8 Å². The van der Waals surface area contributed by atoms with E-state index in [1.807, 2.05) is 61.5 Å². The summed E-state index contributed by atoms with van der Waals surface area (Å²) in [6.07, 6.45) is -0.297. The molecule has 1 saturated heterocycles. The molecule has 2 aromatic rings. The molecule has 2 amide bonds. The third-order valence-corrected chi connectivity index (χ3v) is 4.32. The summed E-state index contributed by atoms with van der Waals surface area (Å²) in [6, 6.07) is 17.4. The molecule has 1 heterocycles. The molecular weight excluding hydrogens is 316 g/mol. The Labute approximate surface area is 147 Å². The van der Waals surface area contributed by atoms with Crippen molar-refractivity contribution < 1.29 is 14.3 Å². The molecule has 3 rings (SSSR count). The van der Waals surface area contributed by atoms with Crippen molar-refractivity contribution >= 4 is 17.5 Å². The highest BCUT2D eigenvalue weighted by molar-refractivity contribution is 6.03. The van der Waals surface area contributed by atoms with E-state index in [-0.39, 0.29) is 24.3 Å². The maximum absolute atomic E-state index is 12.5. The number of para-hydroxylation sites is 1. The number of nitrogens with one attached hydrogen (secondary N) is 1. The molecule has 5 heteroatoms. The number of nitrogens with zero attached hydrogens (tertiary/aromatic N) is 1. The van der Waals surface area contributed by atoms with Crippen LogP contribution in [0.2, 0.25) is 0 Å². The van der Waals surface area contributed by atoms with E-state index in [2.05, 4.69) is 5.32 Å². The molecule has 1 unspecified atom stereocenters. The van der Waals surface area contributed by atoms with Crippen molar-refractivity contribution in [1.29, 1.82) is 0 Å². The van der Waals surface area contributed by atoms with Crippen molar-refractivity contribution in [3.63, 3.8) is 0 Å². The quantitative estimate of drug-likeness (QED) is 0.872. The molecule has 0 aromatic heterocycles. The first-order valence-corrected chi connectivity index (χ1v) is 8.43. The number of ether oxygens (including phenoxy) is 1. The first-order chi connectivity index (χ1) is 12.1. The Morgan fingerprint density at radius 1 is 1.12 bits per heavy atom. The topological polar surface area (TPSA) is 58.6 Å². The van der Waals surface area contributed by atoms with Gasteiger partial charge in [-0.05, 0) is 24.1 Å². The molecule has 1 aliphatic rings. The van der Waals surface area contributed by atoms with Crippen LogP contribution in [0.1, 0.15) is 23.7 Å². The summed E-state index contributed by atoms with van der Waals surface area (Å²) in [5.74, 6) is -0.461. The van der Waals surface area contributed by atoms with Crippen LogP contribution >= 0.6 is 0 Å². The summed E-state index contributed by atoms with van der Waals surface area (Å²) >= 11 is 0. The van der Waals surface area contributed by atoms with Crippen molar-refractivity contribution in [3.05, 3.63) is 65.7 Å². The van der Waals surface area contributed by atoms with Crippen LogP contribution in [0.15, 0.2) is 54.6 Å². The number of hydrogen-bond acceptors (Lipinski definition) is 3. The summed E-state index contributed by atoms with van der Waals surface area (Å²) in [5, 5.41) is 2.81. The van der Waals surface area contributed by atoms with Crippen molar-refractivity contribution in [1.82, 2.24) is 4.90 Å². The molecule has 0 saturated carbocycles. The zero-order valence-corrected chi connectivity index (χ0v) is 14.3. The van der Waals surface area contributed by atoms with Gasteiger partial charge in [-0.3, -0.25) is 9.59 Å². The lowest BCUT2D eigenvalue weighted by molar-refractivity contribution is -0.141. The average molecular weight is 338 g/mol. The number of aryl methyl sites for hydroxylation is 1. The van der Waals surface area contributed by atoms with E-state index in [9.17, 15) is 9.59 Å². The maximum atomic E-state index is 12.5. The van der Waals surface area contributed by atoms with Gasteiger partial charge >= 0.3 is 0 Å². The van der Waals surface area contributed by atoms with Gasteiger partial charge in [0, 0.05) is 12.2 Å². The Bertz CT molecular complexity index is 746. The molecule has 5 nitrogen and oxygen atoms in total. The van der Waals surface area contributed by atoms with E-state index >= 15 is 0 Å². The molecule has 0 spiro atoms. The second-order valence-corrected chi connectivity index (χ2v) is 6.15. The van der Waals surface area contributed by atoms with Crippen LogP contribution in [0.3, 0.4) is 0 Å². The molecule has 0 aliphatic carbocycles. The first kappa shape index (κ1) is 17.2. The average Bonchev–Trinajstić information content (AvgIpc) is 2.64. The van der Waals surface area contributed by atoms with E-state index < -0.39 is 0 Å². The summed E-state index contributed by atoms with van der Waals surface area (Å²) < 4.78 is 5.77. The third-order valence-electron chi connectivity index (χ3n) is 4.32. The fraction of sp³-hybridized carbons (Fsp3) is 0.300. The lowest BCUT2D eigenvalue weighted by Gasteiger charge is -2.33. The minimum absolute atomic E-state index is 0.140. The number of hydrogen-bond donors (Lipinski definition) is 1. The lowest BCUT2D eigenvalue weighted by atomic mass is 10.1. The lowest BCUT2D eigenvalue weighted by Crippen LogP contribution is -2.43. The Balaban J connectivity index is 1.57. The first-order valence-electron chi connectivity index (χ1n) is 8.43. The van der Waals surface area contributed by atoms with Crippen molar-refractivity contribution in [2.75, 3.05) is 25.0 Å². The van der Waals surface area contributed by atoms with Crippen molar-refractivity contribution in [3.8, 4) is 0 Å². The number of carbonyl (C=O) groups is 2. The summed E-state index contributed by atoms with van der Waals surface area (Å²) in [6.45, 7) is 3.38. The number of rotatable bonds is 4. The highest BCUT2D eigenvalue weighted by Crippen LogP contribution is 2.22. The second-order valence-electron chi connectivity index (χ2n) is 6.15. The van der Waals surface area contributed by atoms with Crippen LogP contribution in [0.4, 0.5) is 5.69 Å². The van der Waals surface area contributed by atoms with Gasteiger partial charge in [-0.1, -0.05) is 48.5 Å². The fourth-order valence-corrected chi connectivity index (χ4v) is 2.90. The predicted octanol–water partition coefficient (Wildman–Crippen LogP) is 2.92. The van der Waals surface area contributed by atoms with E-state index in [1.165, 1.54) is 0 Å². The normalized spacial score (nSPS) is 17.2. The van der Waals surface area contributed by atoms with Gasteiger partial charge in [-0.25, -0.2) is 0 Å². The van der Waals surface area contributed by atoms with Gasteiger partial charge in [0.05, 0.1) is 13.2 Å². The van der Waals surface area contributed by atoms with E-state index in [4.69, 9.17) is 4.74 Å². The van der Waals surface area contributed by atoms with Crippen LogP contribution in [0.25, 0.3) is 0 Å². The molecule has 25 heavy (non-hydrogen) atoms. The van der Waals surface area contributed by atoms with Gasteiger partial charge < -0.3 is 15.0 Å². The van der Waals surface area contributed by atoms with E-state index in [1.54, 1.807) is 4.90 Å². The van der Waals surface area contributed by atoms with Crippen LogP contribution in [-0.4, -0.2) is 36.4 Å². The molecule has 1 atom stereocenters. The van der Waals surface area contributed by atoms with Gasteiger partial charge in [0.25, 0.3) is 0 Å². The largest absolute Gasteiger partial charge is 0.370 e. The minimum atomic E-state index is -0.290. The molecule has 0 radical (unpaired) electrons. The number of morpholine rings is 1. The Morgan fingerprint density at radius 2 is 1.84 bits per heavy atom. The molecular formula is C20H22N2O3. The molecule has 0 bridgehead atoms. The molecule has 1 aliphatic heterocycles. The van der Waals surface area contributed by atoms with Gasteiger partial charge in [-0.15, -0.1) is 0 Å².